The van der Waals surface area contributed by atoms with Crippen LogP contribution in [0.2, 0.25) is 0 Å². The highest BCUT2D eigenvalue weighted by molar-refractivity contribution is 5.80. The van der Waals surface area contributed by atoms with Gasteiger partial charge in [0.1, 0.15) is 0 Å². The summed E-state index contributed by atoms with van der Waals surface area (Å²) < 4.78 is 1.88. The number of piperidine rings is 1. The number of nitrogens with one attached hydrogen (secondary N) is 1. The fourth-order valence-electron chi connectivity index (χ4n) is 3.86. The summed E-state index contributed by atoms with van der Waals surface area (Å²) in [6, 6.07) is 6.17. The number of aliphatic imine (C=N–C) groups is 1. The van der Waals surface area contributed by atoms with Gasteiger partial charge in [0.2, 0.25) is 0 Å². The molecule has 1 aliphatic rings. The van der Waals surface area contributed by atoms with Crippen molar-refractivity contribution < 1.29 is 0 Å². The summed E-state index contributed by atoms with van der Waals surface area (Å²) in [6.07, 6.45) is 3.21. The second-order valence-electron chi connectivity index (χ2n) is 7.62. The van der Waals surface area contributed by atoms with E-state index in [2.05, 4.69) is 51.3 Å². The van der Waals surface area contributed by atoms with Crippen LogP contribution in [0.3, 0.4) is 0 Å². The van der Waals surface area contributed by atoms with Gasteiger partial charge in [-0.2, -0.15) is 5.10 Å². The Morgan fingerprint density at radius 2 is 1.96 bits per heavy atom. The van der Waals surface area contributed by atoms with E-state index in [0.717, 1.165) is 48.4 Å². The van der Waals surface area contributed by atoms with Crippen LogP contribution in [-0.2, 0) is 6.54 Å². The number of aryl methyl sites for hydroxylation is 2. The lowest BCUT2D eigenvalue weighted by Gasteiger charge is -2.37. The van der Waals surface area contributed by atoms with Gasteiger partial charge in [0, 0.05) is 38.6 Å². The molecular weight excluding hydrogens is 324 g/mol. The van der Waals surface area contributed by atoms with E-state index in [1.807, 2.05) is 37.8 Å². The maximum absolute atomic E-state index is 4.57. The Labute approximate surface area is 156 Å². The summed E-state index contributed by atoms with van der Waals surface area (Å²) in [4.78, 5) is 11.4. The molecule has 1 N–H and O–H groups in total. The smallest absolute Gasteiger partial charge is 0.193 e. The van der Waals surface area contributed by atoms with Crippen molar-refractivity contribution in [3.8, 4) is 5.82 Å². The van der Waals surface area contributed by atoms with Crippen molar-refractivity contribution in [1.29, 1.82) is 0 Å². The molecule has 6 nitrogen and oxygen atoms in total. The second kappa shape index (κ2) is 7.89. The maximum Gasteiger partial charge on any atom is 0.193 e. The van der Waals surface area contributed by atoms with Crippen molar-refractivity contribution in [3.63, 3.8) is 0 Å². The molecule has 1 fully saturated rings. The number of guanidine groups is 1. The van der Waals surface area contributed by atoms with Gasteiger partial charge in [0.15, 0.2) is 11.8 Å². The Morgan fingerprint density at radius 3 is 2.50 bits per heavy atom. The Kier molecular flexibility index (Phi) is 5.59. The van der Waals surface area contributed by atoms with E-state index in [-0.39, 0.29) is 0 Å². The fraction of sp³-hybridized carbons (Fsp3) is 0.550. The highest BCUT2D eigenvalue weighted by Crippen LogP contribution is 2.21. The summed E-state index contributed by atoms with van der Waals surface area (Å²) in [6.45, 7) is 11.5. The Balaban J connectivity index is 1.63. The molecule has 0 aliphatic carbocycles. The van der Waals surface area contributed by atoms with Gasteiger partial charge in [0.25, 0.3) is 0 Å². The van der Waals surface area contributed by atoms with Gasteiger partial charge >= 0.3 is 0 Å². The zero-order chi connectivity index (χ0) is 18.7. The maximum atomic E-state index is 4.57. The van der Waals surface area contributed by atoms with E-state index >= 15 is 0 Å². The first-order valence-electron chi connectivity index (χ1n) is 9.40. The molecule has 0 spiro atoms. The van der Waals surface area contributed by atoms with E-state index in [1.165, 1.54) is 6.42 Å². The van der Waals surface area contributed by atoms with E-state index < -0.39 is 0 Å². The minimum atomic E-state index is 0.707. The van der Waals surface area contributed by atoms with Gasteiger partial charge in [-0.1, -0.05) is 19.9 Å². The van der Waals surface area contributed by atoms with Crippen molar-refractivity contribution in [2.45, 2.75) is 40.7 Å². The van der Waals surface area contributed by atoms with E-state index in [9.17, 15) is 0 Å². The monoisotopic (exact) mass is 354 g/mol. The van der Waals surface area contributed by atoms with Crippen LogP contribution < -0.4 is 5.32 Å². The zero-order valence-corrected chi connectivity index (χ0v) is 16.5. The molecule has 2 aromatic heterocycles. The largest absolute Gasteiger partial charge is 0.352 e. The van der Waals surface area contributed by atoms with Gasteiger partial charge in [0.05, 0.1) is 5.69 Å². The first-order chi connectivity index (χ1) is 12.5. The van der Waals surface area contributed by atoms with Gasteiger partial charge in [-0.05, 0) is 49.8 Å². The van der Waals surface area contributed by atoms with Crippen LogP contribution in [0.15, 0.2) is 29.4 Å². The second-order valence-corrected chi connectivity index (χ2v) is 7.62. The third-order valence-electron chi connectivity index (χ3n) is 4.87. The van der Waals surface area contributed by atoms with E-state index in [4.69, 9.17) is 0 Å². The topological polar surface area (TPSA) is 58.3 Å². The number of aromatic nitrogens is 3. The summed E-state index contributed by atoms with van der Waals surface area (Å²) in [5, 5.41) is 7.97. The van der Waals surface area contributed by atoms with Gasteiger partial charge in [-0.3, -0.25) is 4.99 Å². The SMILES string of the molecule is CN=C(NCc1ccc(-n2nc(C)cc2C)nc1)N1CC(C)CC(C)C1. The predicted octanol–water partition coefficient (Wildman–Crippen LogP) is 2.94. The van der Waals surface area contributed by atoms with E-state index in [0.29, 0.717) is 11.8 Å². The third kappa shape index (κ3) is 4.23. The predicted molar refractivity (Wildman–Crippen MR) is 106 cm³/mol. The molecule has 2 unspecified atom stereocenters. The van der Waals surface area contributed by atoms with E-state index in [1.54, 1.807) is 0 Å². The number of rotatable bonds is 3. The number of nitrogens with zero attached hydrogens (tertiary/aromatic N) is 5. The molecule has 6 heteroatoms. The van der Waals surface area contributed by atoms with Crippen molar-refractivity contribution >= 4 is 5.96 Å². The van der Waals surface area contributed by atoms with Crippen molar-refractivity contribution in [2.75, 3.05) is 20.1 Å². The molecule has 2 aromatic rings. The lowest BCUT2D eigenvalue weighted by molar-refractivity contribution is 0.208. The average Bonchev–Trinajstić information content (AvgIpc) is 2.93. The third-order valence-corrected chi connectivity index (χ3v) is 4.87. The lowest BCUT2D eigenvalue weighted by Crippen LogP contribution is -2.48. The van der Waals surface area contributed by atoms with Crippen molar-refractivity contribution in [1.82, 2.24) is 25.0 Å². The van der Waals surface area contributed by atoms with Crippen molar-refractivity contribution in [3.05, 3.63) is 41.3 Å². The van der Waals surface area contributed by atoms with Crippen LogP contribution in [0.5, 0.6) is 0 Å². The molecule has 26 heavy (non-hydrogen) atoms. The normalized spacial score (nSPS) is 21.1. The molecule has 1 saturated heterocycles. The lowest BCUT2D eigenvalue weighted by atomic mass is 9.92. The van der Waals surface area contributed by atoms with Gasteiger partial charge in [-0.25, -0.2) is 9.67 Å². The highest BCUT2D eigenvalue weighted by atomic mass is 15.3. The number of pyridine rings is 1. The first-order valence-corrected chi connectivity index (χ1v) is 9.40. The molecule has 3 heterocycles. The summed E-state index contributed by atoms with van der Waals surface area (Å²) >= 11 is 0. The van der Waals surface area contributed by atoms with Crippen LogP contribution in [0.1, 0.15) is 37.2 Å². The number of likely N-dealkylation sites (tertiary alicyclic amines) is 1. The molecule has 0 saturated carbocycles. The minimum absolute atomic E-state index is 0.707. The molecule has 0 amide bonds. The fourth-order valence-corrected chi connectivity index (χ4v) is 3.86. The molecule has 0 aromatic carbocycles. The summed E-state index contributed by atoms with van der Waals surface area (Å²) in [7, 11) is 1.86. The average molecular weight is 355 g/mol. The Morgan fingerprint density at radius 1 is 1.23 bits per heavy atom. The van der Waals surface area contributed by atoms with Crippen LogP contribution >= 0.6 is 0 Å². The van der Waals surface area contributed by atoms with Crippen LogP contribution in [0.25, 0.3) is 5.82 Å². The standard InChI is InChI=1S/C20H30N6/c1-14-8-15(2)13-25(12-14)20(21-5)23-11-18-6-7-19(22-10-18)26-17(4)9-16(3)24-26/h6-7,9-10,14-15H,8,11-13H2,1-5H3,(H,21,23). The highest BCUT2D eigenvalue weighted by Gasteiger charge is 2.23. The quantitative estimate of drug-likeness (QED) is 0.680. The molecule has 0 radical (unpaired) electrons. The molecule has 140 valence electrons. The Bertz CT molecular complexity index is 751. The first kappa shape index (κ1) is 18.4. The molecular formula is C20H30N6. The number of hydrogen-bond acceptors (Lipinski definition) is 3. The number of hydrogen-bond donors (Lipinski definition) is 1. The summed E-state index contributed by atoms with van der Waals surface area (Å²) in [5.41, 5.74) is 3.23. The minimum Gasteiger partial charge on any atom is -0.352 e. The summed E-state index contributed by atoms with van der Waals surface area (Å²) in [5.74, 6) is 3.24. The van der Waals surface area contributed by atoms with Crippen LogP contribution in [0.4, 0.5) is 0 Å². The van der Waals surface area contributed by atoms with Gasteiger partial charge in [-0.15, -0.1) is 0 Å². The molecule has 3 rings (SSSR count). The van der Waals surface area contributed by atoms with Crippen LogP contribution in [0, 0.1) is 25.7 Å². The molecule has 1 aliphatic heterocycles. The van der Waals surface area contributed by atoms with Crippen LogP contribution in [-0.4, -0.2) is 45.8 Å². The van der Waals surface area contributed by atoms with Crippen molar-refractivity contribution in [2.24, 2.45) is 16.8 Å². The molecule has 0 bridgehead atoms. The molecule has 2 atom stereocenters. The Hall–Kier alpha value is -2.37. The van der Waals surface area contributed by atoms with Gasteiger partial charge < -0.3 is 10.2 Å². The zero-order valence-electron chi connectivity index (χ0n) is 16.5.